The van der Waals surface area contributed by atoms with E-state index < -0.39 is 0 Å². The first-order valence-electron chi connectivity index (χ1n) is 8.19. The van der Waals surface area contributed by atoms with Gasteiger partial charge >= 0.3 is 0 Å². The largest absolute Gasteiger partial charge is 0.330 e. The predicted octanol–water partition coefficient (Wildman–Crippen LogP) is 1.14. The minimum Gasteiger partial charge on any atom is -0.330 e. The van der Waals surface area contributed by atoms with Crippen LogP contribution in [0.15, 0.2) is 6.20 Å². The van der Waals surface area contributed by atoms with Crippen molar-refractivity contribution in [3.63, 3.8) is 0 Å². The van der Waals surface area contributed by atoms with Gasteiger partial charge in [-0.1, -0.05) is 19.1 Å². The SMILES string of the molecule is CCC(CC)(CN)CN1CCCC(n2cc(CN)nn2)C1. The van der Waals surface area contributed by atoms with Crippen LogP contribution in [0.5, 0.6) is 0 Å². The summed E-state index contributed by atoms with van der Waals surface area (Å²) in [4.78, 5) is 2.55. The van der Waals surface area contributed by atoms with Crippen molar-refractivity contribution < 1.29 is 0 Å². The third-order valence-electron chi connectivity index (χ3n) is 5.11. The van der Waals surface area contributed by atoms with E-state index in [9.17, 15) is 0 Å². The zero-order valence-electron chi connectivity index (χ0n) is 13.5. The van der Waals surface area contributed by atoms with Crippen LogP contribution >= 0.6 is 0 Å². The maximum atomic E-state index is 6.04. The Morgan fingerprint density at radius 2 is 2.10 bits per heavy atom. The van der Waals surface area contributed by atoms with Gasteiger partial charge in [0, 0.05) is 19.6 Å². The fraction of sp³-hybridized carbons (Fsp3) is 0.867. The van der Waals surface area contributed by atoms with E-state index in [4.69, 9.17) is 11.5 Å². The molecule has 1 aliphatic heterocycles. The molecule has 6 nitrogen and oxygen atoms in total. The molecule has 0 amide bonds. The highest BCUT2D eigenvalue weighted by Crippen LogP contribution is 2.29. The van der Waals surface area contributed by atoms with Crippen LogP contribution in [0.3, 0.4) is 0 Å². The van der Waals surface area contributed by atoms with E-state index in [0.29, 0.717) is 12.6 Å². The molecule has 21 heavy (non-hydrogen) atoms. The molecule has 120 valence electrons. The van der Waals surface area contributed by atoms with Crippen LogP contribution in [0.1, 0.15) is 51.3 Å². The molecule has 2 rings (SSSR count). The fourth-order valence-electron chi connectivity index (χ4n) is 3.28. The highest BCUT2D eigenvalue weighted by molar-refractivity contribution is 4.93. The van der Waals surface area contributed by atoms with E-state index in [0.717, 1.165) is 51.1 Å². The molecule has 1 aromatic rings. The van der Waals surface area contributed by atoms with Gasteiger partial charge in [-0.2, -0.15) is 0 Å². The van der Waals surface area contributed by atoms with Gasteiger partial charge in [-0.3, -0.25) is 0 Å². The monoisotopic (exact) mass is 294 g/mol. The first kappa shape index (κ1) is 16.4. The van der Waals surface area contributed by atoms with Crippen molar-refractivity contribution >= 4 is 0 Å². The van der Waals surface area contributed by atoms with Gasteiger partial charge in [0.05, 0.1) is 17.9 Å². The number of likely N-dealkylation sites (tertiary alicyclic amines) is 1. The van der Waals surface area contributed by atoms with E-state index in [1.54, 1.807) is 0 Å². The number of hydrogen-bond donors (Lipinski definition) is 2. The van der Waals surface area contributed by atoms with Crippen molar-refractivity contribution in [2.75, 3.05) is 26.2 Å². The standard InChI is InChI=1S/C15H30N6/c1-3-15(4-2,11-17)12-20-7-5-6-14(10-20)21-9-13(8-16)18-19-21/h9,14H,3-8,10-12,16-17H2,1-2H3. The van der Waals surface area contributed by atoms with E-state index in [2.05, 4.69) is 29.1 Å². The van der Waals surface area contributed by atoms with Crippen LogP contribution < -0.4 is 11.5 Å². The van der Waals surface area contributed by atoms with Crippen LogP contribution in [0.25, 0.3) is 0 Å². The molecule has 4 N–H and O–H groups in total. The Balaban J connectivity index is 2.00. The van der Waals surface area contributed by atoms with Gasteiger partial charge in [0.2, 0.25) is 0 Å². The Labute approximate surface area is 127 Å². The van der Waals surface area contributed by atoms with Crippen LogP contribution in [-0.2, 0) is 6.54 Å². The Morgan fingerprint density at radius 3 is 2.67 bits per heavy atom. The van der Waals surface area contributed by atoms with Crippen molar-refractivity contribution in [2.45, 2.75) is 52.1 Å². The van der Waals surface area contributed by atoms with Gasteiger partial charge in [-0.25, -0.2) is 4.68 Å². The Hall–Kier alpha value is -0.980. The fourth-order valence-corrected chi connectivity index (χ4v) is 3.28. The quantitative estimate of drug-likeness (QED) is 0.787. The summed E-state index contributed by atoms with van der Waals surface area (Å²) < 4.78 is 2.00. The highest BCUT2D eigenvalue weighted by Gasteiger charge is 2.30. The Morgan fingerprint density at radius 1 is 1.33 bits per heavy atom. The molecule has 0 bridgehead atoms. The number of nitrogens with two attached hydrogens (primary N) is 2. The molecule has 0 spiro atoms. The zero-order valence-corrected chi connectivity index (χ0v) is 13.5. The van der Waals surface area contributed by atoms with Gasteiger partial charge in [0.25, 0.3) is 0 Å². The minimum atomic E-state index is 0.257. The molecule has 0 aromatic carbocycles. The van der Waals surface area contributed by atoms with E-state index >= 15 is 0 Å². The lowest BCUT2D eigenvalue weighted by atomic mass is 9.81. The summed E-state index contributed by atoms with van der Waals surface area (Å²) in [5, 5.41) is 8.34. The maximum absolute atomic E-state index is 6.04. The molecule has 0 saturated carbocycles. The summed E-state index contributed by atoms with van der Waals surface area (Å²) in [7, 11) is 0. The summed E-state index contributed by atoms with van der Waals surface area (Å²) >= 11 is 0. The summed E-state index contributed by atoms with van der Waals surface area (Å²) in [5.41, 5.74) is 12.8. The van der Waals surface area contributed by atoms with Gasteiger partial charge < -0.3 is 16.4 Å². The maximum Gasteiger partial charge on any atom is 0.0962 e. The lowest BCUT2D eigenvalue weighted by molar-refractivity contribution is 0.0982. The predicted molar refractivity (Wildman–Crippen MR) is 84.7 cm³/mol. The Bertz CT molecular complexity index is 417. The van der Waals surface area contributed by atoms with E-state index in [1.165, 1.54) is 6.42 Å². The lowest BCUT2D eigenvalue weighted by Gasteiger charge is -2.40. The molecular weight excluding hydrogens is 264 g/mol. The van der Waals surface area contributed by atoms with Crippen molar-refractivity contribution in [2.24, 2.45) is 16.9 Å². The molecule has 0 aliphatic carbocycles. The van der Waals surface area contributed by atoms with Crippen molar-refractivity contribution in [3.8, 4) is 0 Å². The smallest absolute Gasteiger partial charge is 0.0962 e. The zero-order chi connectivity index (χ0) is 15.3. The number of hydrogen-bond acceptors (Lipinski definition) is 5. The summed E-state index contributed by atoms with van der Waals surface area (Å²) in [6.45, 7) is 9.02. The third kappa shape index (κ3) is 3.81. The molecule has 2 heterocycles. The topological polar surface area (TPSA) is 86.0 Å². The number of piperidine rings is 1. The average Bonchev–Trinajstić information content (AvgIpc) is 3.02. The molecule has 1 saturated heterocycles. The second-order valence-electron chi connectivity index (χ2n) is 6.34. The summed E-state index contributed by atoms with van der Waals surface area (Å²) in [6, 6.07) is 0.413. The molecule has 1 unspecified atom stereocenters. The molecule has 1 atom stereocenters. The normalized spacial score (nSPS) is 20.9. The van der Waals surface area contributed by atoms with E-state index in [1.807, 2.05) is 10.9 Å². The Kier molecular flexibility index (Phi) is 5.72. The molecule has 0 radical (unpaired) electrons. The first-order valence-corrected chi connectivity index (χ1v) is 8.19. The second kappa shape index (κ2) is 7.33. The molecule has 1 aromatic heterocycles. The van der Waals surface area contributed by atoms with Gasteiger partial charge in [-0.15, -0.1) is 5.10 Å². The van der Waals surface area contributed by atoms with Crippen molar-refractivity contribution in [3.05, 3.63) is 11.9 Å². The first-order chi connectivity index (χ1) is 10.2. The highest BCUT2D eigenvalue weighted by atomic mass is 15.4. The van der Waals surface area contributed by atoms with Crippen molar-refractivity contribution in [1.82, 2.24) is 19.9 Å². The van der Waals surface area contributed by atoms with Crippen LogP contribution in [0, 0.1) is 5.41 Å². The molecule has 1 aliphatic rings. The van der Waals surface area contributed by atoms with Gasteiger partial charge in [-0.05, 0) is 44.2 Å². The number of rotatable bonds is 7. The second-order valence-corrected chi connectivity index (χ2v) is 6.34. The summed E-state index contributed by atoms with van der Waals surface area (Å²) in [6.07, 6.45) is 6.64. The van der Waals surface area contributed by atoms with Crippen LogP contribution in [0.2, 0.25) is 0 Å². The molecular formula is C15H30N6. The third-order valence-corrected chi connectivity index (χ3v) is 5.11. The van der Waals surface area contributed by atoms with Crippen LogP contribution in [0.4, 0.5) is 0 Å². The summed E-state index contributed by atoms with van der Waals surface area (Å²) in [5.74, 6) is 0. The van der Waals surface area contributed by atoms with Gasteiger partial charge in [0.15, 0.2) is 0 Å². The lowest BCUT2D eigenvalue weighted by Crippen LogP contribution is -2.46. The number of nitrogens with zero attached hydrogens (tertiary/aromatic N) is 4. The van der Waals surface area contributed by atoms with E-state index in [-0.39, 0.29) is 5.41 Å². The molecule has 1 fully saturated rings. The van der Waals surface area contributed by atoms with Crippen LogP contribution in [-0.4, -0.2) is 46.1 Å². The van der Waals surface area contributed by atoms with Crippen molar-refractivity contribution in [1.29, 1.82) is 0 Å². The molecule has 6 heteroatoms. The minimum absolute atomic E-state index is 0.257. The van der Waals surface area contributed by atoms with Gasteiger partial charge in [0.1, 0.15) is 0 Å². The average molecular weight is 294 g/mol. The number of aromatic nitrogens is 3.